The molecule has 2 aliphatic rings. The van der Waals surface area contributed by atoms with E-state index < -0.39 is 0 Å². The van der Waals surface area contributed by atoms with Crippen molar-refractivity contribution in [1.82, 2.24) is 15.1 Å². The minimum Gasteiger partial charge on any atom is -0.314 e. The van der Waals surface area contributed by atoms with Crippen molar-refractivity contribution in [1.29, 1.82) is 0 Å². The summed E-state index contributed by atoms with van der Waals surface area (Å²) in [5.41, 5.74) is 0. The molecule has 0 amide bonds. The summed E-state index contributed by atoms with van der Waals surface area (Å²) in [6, 6.07) is 2.36. The molecule has 2 unspecified atom stereocenters. The number of fused-ring (bicyclic) bond motifs is 1. The van der Waals surface area contributed by atoms with Gasteiger partial charge < -0.3 is 15.1 Å². The molecule has 0 aromatic heterocycles. The van der Waals surface area contributed by atoms with Crippen LogP contribution in [0.5, 0.6) is 0 Å². The number of nitrogens with one attached hydrogen (secondary N) is 1. The zero-order valence-corrected chi connectivity index (χ0v) is 12.5. The molecule has 18 heavy (non-hydrogen) atoms. The molecule has 2 rings (SSSR count). The van der Waals surface area contributed by atoms with Gasteiger partial charge in [-0.25, -0.2) is 0 Å². The highest BCUT2D eigenvalue weighted by Gasteiger charge is 2.31. The maximum absolute atomic E-state index is 3.78. The SMILES string of the molecule is CC(C)N(C)CCCNC1CCN2CCCC2C1. The van der Waals surface area contributed by atoms with Gasteiger partial charge in [0.15, 0.2) is 0 Å². The number of rotatable bonds is 6. The van der Waals surface area contributed by atoms with Crippen LogP contribution >= 0.6 is 0 Å². The first-order chi connectivity index (χ1) is 8.66. The van der Waals surface area contributed by atoms with Gasteiger partial charge in [-0.2, -0.15) is 0 Å². The van der Waals surface area contributed by atoms with Crippen LogP contribution in [0.1, 0.15) is 46.0 Å². The Morgan fingerprint density at radius 2 is 2.11 bits per heavy atom. The maximum Gasteiger partial charge on any atom is 0.0111 e. The lowest BCUT2D eigenvalue weighted by molar-refractivity contribution is 0.166. The summed E-state index contributed by atoms with van der Waals surface area (Å²) in [6.45, 7) is 9.62. The summed E-state index contributed by atoms with van der Waals surface area (Å²) in [7, 11) is 2.22. The average molecular weight is 253 g/mol. The van der Waals surface area contributed by atoms with Gasteiger partial charge in [-0.05, 0) is 79.2 Å². The first-order valence-electron chi connectivity index (χ1n) is 7.84. The predicted molar refractivity (Wildman–Crippen MR) is 78.0 cm³/mol. The molecule has 3 nitrogen and oxygen atoms in total. The Kier molecular flexibility index (Phi) is 5.46. The van der Waals surface area contributed by atoms with Crippen molar-refractivity contribution in [3.63, 3.8) is 0 Å². The Morgan fingerprint density at radius 1 is 1.28 bits per heavy atom. The molecule has 2 heterocycles. The van der Waals surface area contributed by atoms with Gasteiger partial charge in [0.05, 0.1) is 0 Å². The second-order valence-corrected chi connectivity index (χ2v) is 6.44. The van der Waals surface area contributed by atoms with Crippen LogP contribution in [0.2, 0.25) is 0 Å². The highest BCUT2D eigenvalue weighted by molar-refractivity contribution is 4.89. The number of hydrogen-bond acceptors (Lipinski definition) is 3. The zero-order valence-electron chi connectivity index (χ0n) is 12.5. The molecular weight excluding hydrogens is 222 g/mol. The second kappa shape index (κ2) is 6.88. The van der Waals surface area contributed by atoms with Crippen LogP contribution in [0.4, 0.5) is 0 Å². The molecule has 2 aliphatic heterocycles. The molecule has 2 saturated heterocycles. The minimum absolute atomic E-state index is 0.673. The van der Waals surface area contributed by atoms with E-state index in [0.717, 1.165) is 12.1 Å². The van der Waals surface area contributed by atoms with Crippen molar-refractivity contribution in [3.8, 4) is 0 Å². The van der Waals surface area contributed by atoms with E-state index in [9.17, 15) is 0 Å². The van der Waals surface area contributed by atoms with Gasteiger partial charge in [-0.1, -0.05) is 0 Å². The van der Waals surface area contributed by atoms with Crippen molar-refractivity contribution in [2.45, 2.75) is 64.1 Å². The summed E-state index contributed by atoms with van der Waals surface area (Å²) in [6.07, 6.45) is 6.89. The van der Waals surface area contributed by atoms with Crippen molar-refractivity contribution in [2.24, 2.45) is 0 Å². The normalized spacial score (nSPS) is 29.2. The second-order valence-electron chi connectivity index (χ2n) is 6.44. The van der Waals surface area contributed by atoms with Gasteiger partial charge in [0.2, 0.25) is 0 Å². The van der Waals surface area contributed by atoms with Crippen LogP contribution in [0, 0.1) is 0 Å². The summed E-state index contributed by atoms with van der Waals surface area (Å²) in [4.78, 5) is 5.13. The lowest BCUT2D eigenvalue weighted by Gasteiger charge is -2.35. The molecule has 0 bridgehead atoms. The first-order valence-corrected chi connectivity index (χ1v) is 7.84. The first kappa shape index (κ1) is 14.3. The molecule has 106 valence electrons. The van der Waals surface area contributed by atoms with Crippen LogP contribution in [-0.2, 0) is 0 Å². The molecule has 0 radical (unpaired) electrons. The third kappa shape index (κ3) is 3.94. The third-order valence-corrected chi connectivity index (χ3v) is 4.82. The molecule has 0 spiro atoms. The van der Waals surface area contributed by atoms with Gasteiger partial charge in [0, 0.05) is 18.1 Å². The Bertz CT molecular complexity index is 242. The van der Waals surface area contributed by atoms with Crippen LogP contribution in [-0.4, -0.2) is 61.2 Å². The summed E-state index contributed by atoms with van der Waals surface area (Å²) in [5, 5.41) is 3.78. The monoisotopic (exact) mass is 253 g/mol. The Balaban J connectivity index is 1.57. The molecular formula is C15H31N3. The van der Waals surface area contributed by atoms with E-state index >= 15 is 0 Å². The van der Waals surface area contributed by atoms with Gasteiger partial charge in [0.1, 0.15) is 0 Å². The van der Waals surface area contributed by atoms with Crippen molar-refractivity contribution in [3.05, 3.63) is 0 Å². The van der Waals surface area contributed by atoms with Crippen molar-refractivity contribution >= 4 is 0 Å². The molecule has 0 aromatic rings. The zero-order chi connectivity index (χ0) is 13.0. The van der Waals surface area contributed by atoms with E-state index in [1.54, 1.807) is 0 Å². The topological polar surface area (TPSA) is 18.5 Å². The molecule has 1 N–H and O–H groups in total. The molecule has 0 aromatic carbocycles. The Hall–Kier alpha value is -0.120. The molecule has 2 fully saturated rings. The number of nitrogens with zero attached hydrogens (tertiary/aromatic N) is 2. The van der Waals surface area contributed by atoms with Crippen molar-refractivity contribution < 1.29 is 0 Å². The Morgan fingerprint density at radius 3 is 2.89 bits per heavy atom. The van der Waals surface area contributed by atoms with Gasteiger partial charge >= 0.3 is 0 Å². The summed E-state index contributed by atoms with van der Waals surface area (Å²) in [5.74, 6) is 0. The van der Waals surface area contributed by atoms with Gasteiger partial charge in [-0.3, -0.25) is 0 Å². The highest BCUT2D eigenvalue weighted by atomic mass is 15.2. The largest absolute Gasteiger partial charge is 0.314 e. The van der Waals surface area contributed by atoms with Gasteiger partial charge in [-0.15, -0.1) is 0 Å². The molecule has 3 heteroatoms. The number of piperidine rings is 1. The van der Waals surface area contributed by atoms with E-state index in [0.29, 0.717) is 6.04 Å². The summed E-state index contributed by atoms with van der Waals surface area (Å²) < 4.78 is 0. The van der Waals surface area contributed by atoms with Crippen LogP contribution < -0.4 is 5.32 Å². The standard InChI is InChI=1S/C15H31N3/c1-13(2)17(3)9-5-8-16-14-7-11-18-10-4-6-15(18)12-14/h13-16H,4-12H2,1-3H3. The number of hydrogen-bond donors (Lipinski definition) is 1. The van der Waals surface area contributed by atoms with E-state index in [1.165, 1.54) is 58.3 Å². The van der Waals surface area contributed by atoms with E-state index in [-0.39, 0.29) is 0 Å². The van der Waals surface area contributed by atoms with E-state index in [1.807, 2.05) is 0 Å². The summed E-state index contributed by atoms with van der Waals surface area (Å²) >= 11 is 0. The van der Waals surface area contributed by atoms with Gasteiger partial charge in [0.25, 0.3) is 0 Å². The third-order valence-electron chi connectivity index (χ3n) is 4.82. The molecule has 2 atom stereocenters. The quantitative estimate of drug-likeness (QED) is 0.730. The molecule has 0 aliphatic carbocycles. The maximum atomic E-state index is 3.78. The smallest absolute Gasteiger partial charge is 0.0111 e. The lowest BCUT2D eigenvalue weighted by atomic mass is 9.97. The fraction of sp³-hybridized carbons (Fsp3) is 1.00. The minimum atomic E-state index is 0.673. The van der Waals surface area contributed by atoms with Crippen LogP contribution in [0.15, 0.2) is 0 Å². The van der Waals surface area contributed by atoms with Crippen LogP contribution in [0.3, 0.4) is 0 Å². The predicted octanol–water partition coefficient (Wildman–Crippen LogP) is 1.93. The van der Waals surface area contributed by atoms with Crippen molar-refractivity contribution in [2.75, 3.05) is 33.2 Å². The highest BCUT2D eigenvalue weighted by Crippen LogP contribution is 2.26. The van der Waals surface area contributed by atoms with E-state index in [2.05, 4.69) is 36.0 Å². The Labute approximate surface area is 113 Å². The van der Waals surface area contributed by atoms with E-state index in [4.69, 9.17) is 0 Å². The average Bonchev–Trinajstić information content (AvgIpc) is 2.81. The molecule has 0 saturated carbocycles. The van der Waals surface area contributed by atoms with Crippen LogP contribution in [0.25, 0.3) is 0 Å². The fourth-order valence-electron chi connectivity index (χ4n) is 3.30. The lowest BCUT2D eigenvalue weighted by Crippen LogP contribution is -2.46. The fourth-order valence-corrected chi connectivity index (χ4v) is 3.30.